The number of nitrogens with zero attached hydrogens (tertiary/aromatic N) is 3. The maximum absolute atomic E-state index is 5.92. The number of aliphatic imine (C=N–C) groups is 1. The van der Waals surface area contributed by atoms with Crippen molar-refractivity contribution in [3.05, 3.63) is 23.9 Å². The lowest BCUT2D eigenvalue weighted by Crippen LogP contribution is -2.44. The molecule has 1 atom stereocenters. The normalized spacial score (nSPS) is 21.9. The average molecular weight is 360 g/mol. The van der Waals surface area contributed by atoms with Crippen LogP contribution in [0.25, 0.3) is 0 Å². The van der Waals surface area contributed by atoms with E-state index in [4.69, 9.17) is 4.74 Å². The SMILES string of the molecule is CCN1CCCC1CNC(=NC)NCc1ccc(OC2CCCC2)nc1. The van der Waals surface area contributed by atoms with Crippen LogP contribution in [0.3, 0.4) is 0 Å². The van der Waals surface area contributed by atoms with Gasteiger partial charge in [0.05, 0.1) is 0 Å². The summed E-state index contributed by atoms with van der Waals surface area (Å²) < 4.78 is 5.92. The Morgan fingerprint density at radius 2 is 2.08 bits per heavy atom. The van der Waals surface area contributed by atoms with Gasteiger partial charge in [0.1, 0.15) is 6.10 Å². The van der Waals surface area contributed by atoms with Crippen LogP contribution in [0.15, 0.2) is 23.3 Å². The first-order valence-corrected chi connectivity index (χ1v) is 10.1. The number of ether oxygens (including phenoxy) is 1. The molecule has 26 heavy (non-hydrogen) atoms. The fourth-order valence-electron chi connectivity index (χ4n) is 3.93. The molecule has 144 valence electrons. The van der Waals surface area contributed by atoms with Gasteiger partial charge in [0.25, 0.3) is 0 Å². The highest BCUT2D eigenvalue weighted by molar-refractivity contribution is 5.79. The Balaban J connectivity index is 1.41. The van der Waals surface area contributed by atoms with Gasteiger partial charge in [-0.2, -0.15) is 0 Å². The van der Waals surface area contributed by atoms with Crippen LogP contribution in [0.2, 0.25) is 0 Å². The average Bonchev–Trinajstić information content (AvgIpc) is 3.34. The van der Waals surface area contributed by atoms with Crippen LogP contribution in [0.5, 0.6) is 5.88 Å². The second kappa shape index (κ2) is 9.76. The summed E-state index contributed by atoms with van der Waals surface area (Å²) in [6.07, 6.45) is 9.67. The molecule has 2 fully saturated rings. The maximum atomic E-state index is 5.92. The number of pyridine rings is 1. The predicted molar refractivity (Wildman–Crippen MR) is 106 cm³/mol. The zero-order valence-corrected chi connectivity index (χ0v) is 16.2. The minimum absolute atomic E-state index is 0.354. The summed E-state index contributed by atoms with van der Waals surface area (Å²) in [5.41, 5.74) is 1.13. The highest BCUT2D eigenvalue weighted by atomic mass is 16.5. The van der Waals surface area contributed by atoms with Gasteiger partial charge in [0.2, 0.25) is 5.88 Å². The first kappa shape index (κ1) is 19.0. The fraction of sp³-hybridized carbons (Fsp3) is 0.700. The molecule has 1 aromatic heterocycles. The Morgan fingerprint density at radius 1 is 1.23 bits per heavy atom. The quantitative estimate of drug-likeness (QED) is 0.579. The number of nitrogens with one attached hydrogen (secondary N) is 2. The molecule has 0 radical (unpaired) electrons. The molecule has 1 saturated heterocycles. The van der Waals surface area contributed by atoms with Crippen LogP contribution in [-0.2, 0) is 6.54 Å². The Labute approximate surface area is 157 Å². The van der Waals surface area contributed by atoms with Crippen molar-refractivity contribution in [2.45, 2.75) is 64.1 Å². The minimum atomic E-state index is 0.354. The van der Waals surface area contributed by atoms with Crippen molar-refractivity contribution in [1.29, 1.82) is 0 Å². The van der Waals surface area contributed by atoms with Crippen molar-refractivity contribution in [3.63, 3.8) is 0 Å². The largest absolute Gasteiger partial charge is 0.474 e. The molecule has 6 nitrogen and oxygen atoms in total. The van der Waals surface area contributed by atoms with E-state index in [1.165, 1.54) is 32.2 Å². The molecule has 2 N–H and O–H groups in total. The van der Waals surface area contributed by atoms with Crippen molar-refractivity contribution in [3.8, 4) is 5.88 Å². The number of guanidine groups is 1. The number of likely N-dealkylation sites (N-methyl/N-ethyl adjacent to an activating group) is 1. The Bertz CT molecular complexity index is 568. The summed E-state index contributed by atoms with van der Waals surface area (Å²) in [6.45, 7) is 6.23. The fourth-order valence-corrected chi connectivity index (χ4v) is 3.93. The van der Waals surface area contributed by atoms with Gasteiger partial charge in [-0.3, -0.25) is 9.89 Å². The number of hydrogen-bond acceptors (Lipinski definition) is 4. The molecule has 1 aromatic rings. The van der Waals surface area contributed by atoms with Crippen molar-refractivity contribution >= 4 is 5.96 Å². The highest BCUT2D eigenvalue weighted by Crippen LogP contribution is 2.22. The van der Waals surface area contributed by atoms with Gasteiger partial charge < -0.3 is 15.4 Å². The third kappa shape index (κ3) is 5.34. The lowest BCUT2D eigenvalue weighted by Gasteiger charge is -2.24. The molecule has 0 aromatic carbocycles. The van der Waals surface area contributed by atoms with Crippen LogP contribution in [0.1, 0.15) is 51.0 Å². The topological polar surface area (TPSA) is 61.8 Å². The van der Waals surface area contributed by atoms with Crippen LogP contribution in [0.4, 0.5) is 0 Å². The molecule has 0 bridgehead atoms. The molecule has 3 rings (SSSR count). The van der Waals surface area contributed by atoms with Crippen LogP contribution in [-0.4, -0.2) is 54.7 Å². The Kier molecular flexibility index (Phi) is 7.12. The summed E-state index contributed by atoms with van der Waals surface area (Å²) in [4.78, 5) is 11.3. The summed E-state index contributed by atoms with van der Waals surface area (Å²) in [7, 11) is 1.82. The molecule has 1 saturated carbocycles. The Morgan fingerprint density at radius 3 is 2.77 bits per heavy atom. The van der Waals surface area contributed by atoms with E-state index in [9.17, 15) is 0 Å². The van der Waals surface area contributed by atoms with E-state index in [-0.39, 0.29) is 0 Å². The zero-order valence-electron chi connectivity index (χ0n) is 16.2. The molecule has 0 amide bonds. The number of likely N-dealkylation sites (tertiary alicyclic amines) is 1. The van der Waals surface area contributed by atoms with Gasteiger partial charge in [-0.15, -0.1) is 0 Å². The van der Waals surface area contributed by atoms with Gasteiger partial charge in [-0.05, 0) is 57.2 Å². The summed E-state index contributed by atoms with van der Waals surface area (Å²) >= 11 is 0. The van der Waals surface area contributed by atoms with Crippen molar-refractivity contribution in [2.75, 3.05) is 26.7 Å². The van der Waals surface area contributed by atoms with E-state index < -0.39 is 0 Å². The first-order chi connectivity index (χ1) is 12.8. The van der Waals surface area contributed by atoms with Gasteiger partial charge in [0, 0.05) is 38.4 Å². The van der Waals surface area contributed by atoms with Crippen molar-refractivity contribution in [1.82, 2.24) is 20.5 Å². The van der Waals surface area contributed by atoms with Crippen molar-refractivity contribution in [2.24, 2.45) is 4.99 Å². The third-order valence-electron chi connectivity index (χ3n) is 5.48. The monoisotopic (exact) mass is 359 g/mol. The molecule has 2 aliphatic rings. The van der Waals surface area contributed by atoms with Crippen molar-refractivity contribution < 1.29 is 4.74 Å². The van der Waals surface area contributed by atoms with E-state index in [0.29, 0.717) is 18.7 Å². The number of aromatic nitrogens is 1. The van der Waals surface area contributed by atoms with E-state index in [2.05, 4.69) is 38.5 Å². The lowest BCUT2D eigenvalue weighted by atomic mass is 10.2. The number of hydrogen-bond donors (Lipinski definition) is 2. The first-order valence-electron chi connectivity index (χ1n) is 10.1. The van der Waals surface area contributed by atoms with Gasteiger partial charge in [-0.25, -0.2) is 4.98 Å². The minimum Gasteiger partial charge on any atom is -0.474 e. The molecule has 1 aliphatic heterocycles. The number of rotatable bonds is 7. The molecule has 2 heterocycles. The third-order valence-corrected chi connectivity index (χ3v) is 5.48. The van der Waals surface area contributed by atoms with E-state index in [0.717, 1.165) is 43.3 Å². The molecular formula is C20H33N5O. The molecule has 0 spiro atoms. The summed E-state index contributed by atoms with van der Waals surface area (Å²) in [6, 6.07) is 4.67. The second-order valence-electron chi connectivity index (χ2n) is 7.26. The van der Waals surface area contributed by atoms with Gasteiger partial charge in [0.15, 0.2) is 5.96 Å². The van der Waals surface area contributed by atoms with Gasteiger partial charge in [-0.1, -0.05) is 13.0 Å². The molecule has 6 heteroatoms. The maximum Gasteiger partial charge on any atom is 0.213 e. The smallest absolute Gasteiger partial charge is 0.213 e. The van der Waals surface area contributed by atoms with E-state index in [1.807, 2.05) is 19.3 Å². The second-order valence-corrected chi connectivity index (χ2v) is 7.26. The van der Waals surface area contributed by atoms with E-state index in [1.54, 1.807) is 0 Å². The zero-order chi connectivity index (χ0) is 18.2. The van der Waals surface area contributed by atoms with Gasteiger partial charge >= 0.3 is 0 Å². The predicted octanol–water partition coefficient (Wildman–Crippen LogP) is 2.55. The van der Waals surface area contributed by atoms with Crippen LogP contribution in [0, 0.1) is 0 Å². The van der Waals surface area contributed by atoms with E-state index >= 15 is 0 Å². The molecule has 1 unspecified atom stereocenters. The lowest BCUT2D eigenvalue weighted by molar-refractivity contribution is 0.201. The highest BCUT2D eigenvalue weighted by Gasteiger charge is 2.22. The van der Waals surface area contributed by atoms with Crippen LogP contribution >= 0.6 is 0 Å². The van der Waals surface area contributed by atoms with Crippen LogP contribution < -0.4 is 15.4 Å². The standard InChI is InChI=1S/C20H33N5O/c1-3-25-12-6-7-17(25)15-24-20(21-2)23-14-16-10-11-19(22-13-16)26-18-8-4-5-9-18/h10-11,13,17-18H,3-9,12,14-15H2,1-2H3,(H2,21,23,24). The summed E-state index contributed by atoms with van der Waals surface area (Å²) in [5.74, 6) is 1.59. The Hall–Kier alpha value is -1.82. The molecular weight excluding hydrogens is 326 g/mol. The molecule has 1 aliphatic carbocycles. The summed E-state index contributed by atoms with van der Waals surface area (Å²) in [5, 5.41) is 6.83.